The van der Waals surface area contributed by atoms with Crippen molar-refractivity contribution in [3.63, 3.8) is 0 Å². The average molecular weight is 517 g/mol. The van der Waals surface area contributed by atoms with Gasteiger partial charge in [-0.1, -0.05) is 18.0 Å². The van der Waals surface area contributed by atoms with Gasteiger partial charge in [-0.15, -0.1) is 0 Å². The number of carbonyl (C=O) groups excluding carboxylic acids is 1. The van der Waals surface area contributed by atoms with Crippen molar-refractivity contribution in [3.8, 4) is 28.1 Å². The molecule has 2 fully saturated rings. The second-order valence-corrected chi connectivity index (χ2v) is 12.6. The van der Waals surface area contributed by atoms with Gasteiger partial charge in [0.05, 0.1) is 6.04 Å². The molecule has 4 aliphatic rings. The van der Waals surface area contributed by atoms with Crippen LogP contribution in [-0.2, 0) is 24.2 Å². The smallest absolute Gasteiger partial charge is 0.411 e. The van der Waals surface area contributed by atoms with Gasteiger partial charge in [0.2, 0.25) is 0 Å². The predicted molar refractivity (Wildman–Crippen MR) is 145 cm³/mol. The maximum atomic E-state index is 13.4. The third-order valence-corrected chi connectivity index (χ3v) is 8.84. The number of hydrogen-bond acceptors (Lipinski definition) is 3. The number of likely N-dealkylation sites (tertiary alicyclic amines) is 1. The Hall–Kier alpha value is -2.92. The van der Waals surface area contributed by atoms with Crippen LogP contribution in [0.4, 0.5) is 4.79 Å². The minimum atomic E-state index is -0.503. The highest BCUT2D eigenvalue weighted by Gasteiger charge is 2.48. The molecule has 3 atom stereocenters. The molecule has 2 aliphatic heterocycles. The summed E-state index contributed by atoms with van der Waals surface area (Å²) in [7, 11) is 0. The molecular formula is C31H33ClN2O3. The third-order valence-electron chi connectivity index (χ3n) is 8.60. The van der Waals surface area contributed by atoms with Gasteiger partial charge in [0, 0.05) is 33.6 Å². The molecule has 7 rings (SSSR count). The molecule has 1 aromatic heterocycles. The highest BCUT2D eigenvalue weighted by molar-refractivity contribution is 6.30. The Morgan fingerprint density at radius 1 is 1.03 bits per heavy atom. The van der Waals surface area contributed by atoms with Gasteiger partial charge in [-0.3, -0.25) is 4.90 Å². The van der Waals surface area contributed by atoms with Gasteiger partial charge >= 0.3 is 6.09 Å². The zero-order valence-corrected chi connectivity index (χ0v) is 22.5. The first-order valence-corrected chi connectivity index (χ1v) is 13.9. The Kier molecular flexibility index (Phi) is 5.20. The molecular weight excluding hydrogens is 484 g/mol. The van der Waals surface area contributed by atoms with Crippen LogP contribution in [0.3, 0.4) is 0 Å². The fourth-order valence-corrected chi connectivity index (χ4v) is 7.21. The molecule has 1 unspecified atom stereocenters. The highest BCUT2D eigenvalue weighted by atomic mass is 35.5. The summed E-state index contributed by atoms with van der Waals surface area (Å²) >= 11 is 6.21. The summed E-state index contributed by atoms with van der Waals surface area (Å²) in [6.07, 6.45) is 6.29. The normalized spacial score (nSPS) is 23.5. The van der Waals surface area contributed by atoms with Crippen molar-refractivity contribution in [1.82, 2.24) is 9.88 Å². The predicted octanol–water partition coefficient (Wildman–Crippen LogP) is 7.84. The van der Waals surface area contributed by atoms with Crippen LogP contribution in [0.1, 0.15) is 74.9 Å². The van der Waals surface area contributed by atoms with Crippen LogP contribution in [0.5, 0.6) is 5.75 Å². The van der Waals surface area contributed by atoms with Crippen LogP contribution in [0, 0.1) is 5.92 Å². The van der Waals surface area contributed by atoms with E-state index >= 15 is 0 Å². The number of aromatic nitrogens is 1. The minimum Gasteiger partial charge on any atom is -0.488 e. The highest BCUT2D eigenvalue weighted by Crippen LogP contribution is 2.50. The molecule has 3 heterocycles. The lowest BCUT2D eigenvalue weighted by atomic mass is 9.85. The van der Waals surface area contributed by atoms with E-state index in [1.165, 1.54) is 46.4 Å². The zero-order valence-electron chi connectivity index (χ0n) is 21.7. The molecule has 0 spiro atoms. The summed E-state index contributed by atoms with van der Waals surface area (Å²) in [6.45, 7) is 6.38. The molecule has 1 saturated heterocycles. The summed E-state index contributed by atoms with van der Waals surface area (Å²) in [6, 6.07) is 13.2. The number of aromatic amines is 1. The van der Waals surface area contributed by atoms with Crippen molar-refractivity contribution >= 4 is 17.7 Å². The number of hydrogen-bond donors (Lipinski definition) is 1. The van der Waals surface area contributed by atoms with Crippen LogP contribution in [-0.4, -0.2) is 27.6 Å². The van der Waals surface area contributed by atoms with E-state index < -0.39 is 5.60 Å². The monoisotopic (exact) mass is 516 g/mol. The van der Waals surface area contributed by atoms with Gasteiger partial charge in [0.1, 0.15) is 18.0 Å². The molecule has 192 valence electrons. The average Bonchev–Trinajstić information content (AvgIpc) is 3.55. The molecule has 1 amide bonds. The van der Waals surface area contributed by atoms with Gasteiger partial charge in [-0.25, -0.2) is 4.79 Å². The molecule has 0 radical (unpaired) electrons. The van der Waals surface area contributed by atoms with Crippen LogP contribution in [0.25, 0.3) is 22.4 Å². The van der Waals surface area contributed by atoms with E-state index in [-0.39, 0.29) is 18.2 Å². The standard InChI is InChI=1S/C31H33ClN2O3/c1-31(2,3)37-30(35)34-26-6-4-5-18(26)14-27(34)25-13-19-8-7-17-11-23-20(12-24(17)29(19)33-25)16-36-28-15-21(32)9-10-22(23)28/h9-13,15,18,26-27,33H,4-8,14,16H2,1-3H3/t18-,26-,27?/m0/s1. The Morgan fingerprint density at radius 3 is 2.68 bits per heavy atom. The molecule has 5 nitrogen and oxygen atoms in total. The number of amides is 1. The van der Waals surface area contributed by atoms with E-state index in [0.29, 0.717) is 17.5 Å². The van der Waals surface area contributed by atoms with Gasteiger partial charge in [-0.2, -0.15) is 0 Å². The topological polar surface area (TPSA) is 54.6 Å². The third kappa shape index (κ3) is 3.85. The number of ether oxygens (including phenoxy) is 2. The summed E-state index contributed by atoms with van der Waals surface area (Å²) < 4.78 is 12.0. The quantitative estimate of drug-likeness (QED) is 0.358. The van der Waals surface area contributed by atoms with Crippen LogP contribution in [0.2, 0.25) is 5.02 Å². The molecule has 0 bridgehead atoms. The van der Waals surface area contributed by atoms with Crippen molar-refractivity contribution in [2.45, 2.75) is 83.6 Å². The summed E-state index contributed by atoms with van der Waals surface area (Å²) in [5.41, 5.74) is 9.34. The van der Waals surface area contributed by atoms with Crippen LogP contribution < -0.4 is 4.74 Å². The second kappa shape index (κ2) is 8.29. The van der Waals surface area contributed by atoms with E-state index in [2.05, 4.69) is 34.1 Å². The lowest BCUT2D eigenvalue weighted by Crippen LogP contribution is -2.41. The number of aryl methyl sites for hydroxylation is 2. The largest absolute Gasteiger partial charge is 0.488 e. The van der Waals surface area contributed by atoms with Crippen molar-refractivity contribution < 1.29 is 14.3 Å². The first-order chi connectivity index (χ1) is 17.7. The van der Waals surface area contributed by atoms with E-state index in [1.54, 1.807) is 0 Å². The maximum Gasteiger partial charge on any atom is 0.411 e. The molecule has 3 aromatic rings. The van der Waals surface area contributed by atoms with Crippen molar-refractivity contribution in [3.05, 3.63) is 63.8 Å². The second-order valence-electron chi connectivity index (χ2n) is 12.1. The number of nitrogens with zero attached hydrogens (tertiary/aromatic N) is 1. The number of H-pyrrole nitrogens is 1. The fourth-order valence-electron chi connectivity index (χ4n) is 7.04. The van der Waals surface area contributed by atoms with E-state index in [0.717, 1.165) is 42.7 Å². The zero-order chi connectivity index (χ0) is 25.5. The summed E-state index contributed by atoms with van der Waals surface area (Å²) in [5.74, 6) is 1.41. The van der Waals surface area contributed by atoms with Gasteiger partial charge in [-0.05, 0) is 117 Å². The summed E-state index contributed by atoms with van der Waals surface area (Å²) in [5, 5.41) is 0.695. The van der Waals surface area contributed by atoms with E-state index in [1.807, 2.05) is 32.9 Å². The SMILES string of the molecule is CC(C)(C)OC(=O)N1C(c2cc3c([nH]2)-c2cc4c(cc2CC3)-c2ccc(Cl)cc2OC4)C[C@@H]2CCC[C@@H]21. The van der Waals surface area contributed by atoms with Gasteiger partial charge in [0.25, 0.3) is 0 Å². The number of halogens is 1. The van der Waals surface area contributed by atoms with Gasteiger partial charge in [0.15, 0.2) is 0 Å². The minimum absolute atomic E-state index is 0.0387. The van der Waals surface area contributed by atoms with Crippen molar-refractivity contribution in [2.24, 2.45) is 5.92 Å². The van der Waals surface area contributed by atoms with E-state index in [4.69, 9.17) is 21.1 Å². The first-order valence-electron chi connectivity index (χ1n) is 13.6. The maximum absolute atomic E-state index is 13.4. The van der Waals surface area contributed by atoms with Crippen molar-refractivity contribution in [1.29, 1.82) is 0 Å². The Labute approximate surface area is 223 Å². The van der Waals surface area contributed by atoms with Crippen LogP contribution in [0.15, 0.2) is 36.4 Å². The van der Waals surface area contributed by atoms with Gasteiger partial charge < -0.3 is 14.5 Å². The number of nitrogens with one attached hydrogen (secondary N) is 1. The van der Waals surface area contributed by atoms with Crippen LogP contribution >= 0.6 is 11.6 Å². The number of fused-ring (bicyclic) bond motifs is 7. The Morgan fingerprint density at radius 2 is 1.84 bits per heavy atom. The number of carbonyl (C=O) groups is 1. The summed E-state index contributed by atoms with van der Waals surface area (Å²) in [4.78, 5) is 19.2. The van der Waals surface area contributed by atoms with E-state index in [9.17, 15) is 4.79 Å². The Bertz CT molecular complexity index is 1420. The molecule has 1 N–H and O–H groups in total. The molecule has 2 aromatic carbocycles. The molecule has 6 heteroatoms. The fraction of sp³-hybridized carbons (Fsp3) is 0.452. The lowest BCUT2D eigenvalue weighted by molar-refractivity contribution is 0.0134. The molecule has 2 aliphatic carbocycles. The Balaban J connectivity index is 1.25. The molecule has 1 saturated carbocycles. The number of benzene rings is 2. The molecule has 37 heavy (non-hydrogen) atoms. The first kappa shape index (κ1) is 23.2. The number of rotatable bonds is 1. The lowest BCUT2D eigenvalue weighted by Gasteiger charge is -2.32. The van der Waals surface area contributed by atoms with Crippen molar-refractivity contribution in [2.75, 3.05) is 0 Å².